The van der Waals surface area contributed by atoms with Crippen LogP contribution in [0, 0.1) is 6.92 Å². The molecule has 108 valence electrons. The van der Waals surface area contributed by atoms with Crippen LogP contribution in [0.5, 0.6) is 0 Å². The molecule has 1 atom stereocenters. The third kappa shape index (κ3) is 4.02. The lowest BCUT2D eigenvalue weighted by Crippen LogP contribution is -2.42. The van der Waals surface area contributed by atoms with E-state index in [1.165, 1.54) is 0 Å². The van der Waals surface area contributed by atoms with Gasteiger partial charge in [-0.15, -0.1) is 0 Å². The van der Waals surface area contributed by atoms with Crippen molar-refractivity contribution in [2.24, 2.45) is 7.05 Å². The van der Waals surface area contributed by atoms with Crippen LogP contribution in [0.15, 0.2) is 6.20 Å². The first kappa shape index (κ1) is 14.5. The molecule has 2 heterocycles. The minimum atomic E-state index is -3.24. The zero-order valence-corrected chi connectivity index (χ0v) is 12.3. The molecule has 1 aromatic rings. The number of nitrogens with one attached hydrogen (secondary N) is 2. The summed E-state index contributed by atoms with van der Waals surface area (Å²) in [4.78, 5) is 0. The first-order valence-electron chi connectivity index (χ1n) is 6.66. The summed E-state index contributed by atoms with van der Waals surface area (Å²) in [5.41, 5.74) is 1.90. The highest BCUT2D eigenvalue weighted by Gasteiger charge is 2.20. The van der Waals surface area contributed by atoms with Gasteiger partial charge in [0.05, 0.1) is 11.9 Å². The average Bonchev–Trinajstić information content (AvgIpc) is 2.68. The molecule has 2 rings (SSSR count). The van der Waals surface area contributed by atoms with Gasteiger partial charge < -0.3 is 5.32 Å². The molecule has 1 aromatic heterocycles. The molecule has 0 spiro atoms. The minimum absolute atomic E-state index is 0.0845. The number of hydrogen-bond donors (Lipinski definition) is 2. The Kier molecular flexibility index (Phi) is 4.59. The number of piperidine rings is 1. The van der Waals surface area contributed by atoms with Crippen LogP contribution in [0.2, 0.25) is 0 Å². The van der Waals surface area contributed by atoms with Crippen molar-refractivity contribution in [3.05, 3.63) is 17.5 Å². The van der Waals surface area contributed by atoms with Gasteiger partial charge in [0.2, 0.25) is 10.0 Å². The van der Waals surface area contributed by atoms with Crippen LogP contribution in [-0.2, 0) is 23.6 Å². The number of sulfonamides is 1. The molecule has 1 saturated heterocycles. The molecular formula is C12H22N4O2S. The maximum Gasteiger partial charge on any atom is 0.213 e. The number of rotatable bonds is 5. The van der Waals surface area contributed by atoms with Crippen molar-refractivity contribution in [1.82, 2.24) is 19.8 Å². The Morgan fingerprint density at radius 1 is 1.53 bits per heavy atom. The minimum Gasteiger partial charge on any atom is -0.313 e. The normalized spacial score (nSPS) is 20.6. The predicted octanol–water partition coefficient (Wildman–Crippen LogP) is 0.290. The van der Waals surface area contributed by atoms with E-state index in [1.807, 2.05) is 14.0 Å². The SMILES string of the molecule is Cc1c(CNS(=O)(=O)CC2CCCCN2)cnn1C. The van der Waals surface area contributed by atoms with E-state index >= 15 is 0 Å². The third-order valence-electron chi connectivity index (χ3n) is 3.65. The summed E-state index contributed by atoms with van der Waals surface area (Å²) in [6.45, 7) is 3.16. The van der Waals surface area contributed by atoms with Crippen LogP contribution in [0.1, 0.15) is 30.5 Å². The quantitative estimate of drug-likeness (QED) is 0.816. The standard InChI is InChI=1S/C12H22N4O2S/c1-10-11(7-14-16(10)2)8-15-19(17,18)9-12-5-3-4-6-13-12/h7,12-13,15H,3-6,8-9H2,1-2H3. The first-order valence-corrected chi connectivity index (χ1v) is 8.31. The monoisotopic (exact) mass is 286 g/mol. The molecule has 0 amide bonds. The lowest BCUT2D eigenvalue weighted by molar-refractivity contribution is 0.422. The van der Waals surface area contributed by atoms with E-state index in [-0.39, 0.29) is 11.8 Å². The highest BCUT2D eigenvalue weighted by molar-refractivity contribution is 7.89. The molecule has 19 heavy (non-hydrogen) atoms. The van der Waals surface area contributed by atoms with Crippen LogP contribution >= 0.6 is 0 Å². The van der Waals surface area contributed by atoms with Gasteiger partial charge in [0.1, 0.15) is 0 Å². The number of nitrogens with zero attached hydrogens (tertiary/aromatic N) is 2. The van der Waals surface area contributed by atoms with Crippen molar-refractivity contribution < 1.29 is 8.42 Å². The number of aryl methyl sites for hydroxylation is 1. The maximum atomic E-state index is 12.0. The Morgan fingerprint density at radius 3 is 2.89 bits per heavy atom. The smallest absolute Gasteiger partial charge is 0.213 e. The molecule has 0 radical (unpaired) electrons. The zero-order chi connectivity index (χ0) is 13.9. The Morgan fingerprint density at radius 2 is 2.32 bits per heavy atom. The van der Waals surface area contributed by atoms with Gasteiger partial charge in [0, 0.05) is 30.9 Å². The largest absolute Gasteiger partial charge is 0.313 e. The van der Waals surface area contributed by atoms with Crippen molar-refractivity contribution in [3.8, 4) is 0 Å². The molecule has 0 aliphatic carbocycles. The van der Waals surface area contributed by atoms with Crippen molar-refractivity contribution in [2.45, 2.75) is 38.8 Å². The summed E-state index contributed by atoms with van der Waals surface area (Å²) in [6, 6.07) is 0.0845. The van der Waals surface area contributed by atoms with Crippen LogP contribution in [0.4, 0.5) is 0 Å². The molecule has 2 N–H and O–H groups in total. The zero-order valence-electron chi connectivity index (χ0n) is 11.5. The summed E-state index contributed by atoms with van der Waals surface area (Å²) >= 11 is 0. The molecular weight excluding hydrogens is 264 g/mol. The fourth-order valence-electron chi connectivity index (χ4n) is 2.30. The van der Waals surface area contributed by atoms with Crippen LogP contribution in [0.3, 0.4) is 0 Å². The summed E-state index contributed by atoms with van der Waals surface area (Å²) < 4.78 is 28.4. The van der Waals surface area contributed by atoms with Crippen LogP contribution in [0.25, 0.3) is 0 Å². The van der Waals surface area contributed by atoms with Gasteiger partial charge in [-0.2, -0.15) is 5.10 Å². The molecule has 1 aliphatic heterocycles. The third-order valence-corrected chi connectivity index (χ3v) is 5.08. The van der Waals surface area contributed by atoms with E-state index in [0.29, 0.717) is 6.54 Å². The second-order valence-electron chi connectivity index (χ2n) is 5.13. The van der Waals surface area contributed by atoms with Gasteiger partial charge >= 0.3 is 0 Å². The molecule has 6 nitrogen and oxygen atoms in total. The Balaban J connectivity index is 1.88. The Labute approximate surface area is 114 Å². The van der Waals surface area contributed by atoms with E-state index in [4.69, 9.17) is 0 Å². The van der Waals surface area contributed by atoms with Crippen LogP contribution in [-0.4, -0.2) is 36.5 Å². The molecule has 7 heteroatoms. The van der Waals surface area contributed by atoms with Gasteiger partial charge in [-0.05, 0) is 26.3 Å². The number of hydrogen-bond acceptors (Lipinski definition) is 4. The molecule has 1 aliphatic rings. The van der Waals surface area contributed by atoms with Gasteiger partial charge in [-0.1, -0.05) is 6.42 Å². The van der Waals surface area contributed by atoms with Crippen molar-refractivity contribution in [1.29, 1.82) is 0 Å². The summed E-state index contributed by atoms with van der Waals surface area (Å²) in [5.74, 6) is 0.159. The summed E-state index contributed by atoms with van der Waals surface area (Å²) in [5, 5.41) is 7.36. The Hall–Kier alpha value is -0.920. The van der Waals surface area contributed by atoms with E-state index < -0.39 is 10.0 Å². The predicted molar refractivity (Wildman–Crippen MR) is 74.2 cm³/mol. The van der Waals surface area contributed by atoms with Crippen molar-refractivity contribution >= 4 is 10.0 Å². The molecule has 0 aromatic carbocycles. The molecule has 0 saturated carbocycles. The Bertz CT molecular complexity index is 518. The summed E-state index contributed by atoms with van der Waals surface area (Å²) in [6.07, 6.45) is 4.89. The fraction of sp³-hybridized carbons (Fsp3) is 0.750. The van der Waals surface area contributed by atoms with E-state index in [9.17, 15) is 8.42 Å². The summed E-state index contributed by atoms with van der Waals surface area (Å²) in [7, 11) is -1.39. The fourth-order valence-corrected chi connectivity index (χ4v) is 3.60. The highest BCUT2D eigenvalue weighted by Crippen LogP contribution is 2.10. The highest BCUT2D eigenvalue weighted by atomic mass is 32.2. The maximum absolute atomic E-state index is 12.0. The van der Waals surface area contributed by atoms with Crippen molar-refractivity contribution in [3.63, 3.8) is 0 Å². The topological polar surface area (TPSA) is 76.0 Å². The second kappa shape index (κ2) is 6.02. The lowest BCUT2D eigenvalue weighted by atomic mass is 10.1. The van der Waals surface area contributed by atoms with E-state index in [1.54, 1.807) is 10.9 Å². The van der Waals surface area contributed by atoms with Gasteiger partial charge in [0.15, 0.2) is 0 Å². The number of aromatic nitrogens is 2. The van der Waals surface area contributed by atoms with E-state index in [0.717, 1.165) is 37.1 Å². The molecule has 1 fully saturated rings. The average molecular weight is 286 g/mol. The van der Waals surface area contributed by atoms with Crippen molar-refractivity contribution in [2.75, 3.05) is 12.3 Å². The second-order valence-corrected chi connectivity index (χ2v) is 6.98. The molecule has 0 bridgehead atoms. The molecule has 1 unspecified atom stereocenters. The lowest BCUT2D eigenvalue weighted by Gasteiger charge is -2.23. The van der Waals surface area contributed by atoms with E-state index in [2.05, 4.69) is 15.1 Å². The van der Waals surface area contributed by atoms with Gasteiger partial charge in [-0.25, -0.2) is 13.1 Å². The van der Waals surface area contributed by atoms with Gasteiger partial charge in [0.25, 0.3) is 0 Å². The van der Waals surface area contributed by atoms with Gasteiger partial charge in [-0.3, -0.25) is 4.68 Å². The first-order chi connectivity index (χ1) is 8.98. The van der Waals surface area contributed by atoms with Crippen LogP contribution < -0.4 is 10.0 Å².